The molecule has 0 spiro atoms. The van der Waals surface area contributed by atoms with Gasteiger partial charge in [0.15, 0.2) is 0 Å². The van der Waals surface area contributed by atoms with E-state index in [1.165, 1.54) is 4.70 Å². The Bertz CT molecular complexity index is 829. The molecular weight excluding hydrogens is 388 g/mol. The Kier molecular flexibility index (Phi) is 6.30. The molecule has 7 nitrogen and oxygen atoms in total. The Hall–Kier alpha value is -2.19. The normalized spacial score (nSPS) is 20.9. The molecule has 1 aromatic heterocycles. The molecule has 0 bridgehead atoms. The van der Waals surface area contributed by atoms with Gasteiger partial charge in [0.1, 0.15) is 5.01 Å². The zero-order chi connectivity index (χ0) is 20.2. The van der Waals surface area contributed by atoms with Crippen molar-refractivity contribution in [3.05, 3.63) is 29.3 Å². The highest BCUT2D eigenvalue weighted by Crippen LogP contribution is 2.36. The first-order valence-electron chi connectivity index (χ1n) is 10.4. The lowest BCUT2D eigenvalue weighted by Crippen LogP contribution is -2.48. The molecule has 2 amide bonds. The first-order valence-corrected chi connectivity index (χ1v) is 11.3. The standard InChI is InChI=1S/C21H28N4O3S/c1-2-28-21(27)24-12-9-15(10-13-24)22-19(26)14-25-11-5-7-17(25)20-23-16-6-3-4-8-18(16)29-20/h3-4,6,8,15,17H,2,5,7,9-14H2,1H3,(H,22,26). The largest absolute Gasteiger partial charge is 0.450 e. The minimum absolute atomic E-state index is 0.0626. The van der Waals surface area contributed by atoms with E-state index in [4.69, 9.17) is 9.72 Å². The van der Waals surface area contributed by atoms with Crippen molar-refractivity contribution in [2.24, 2.45) is 0 Å². The van der Waals surface area contributed by atoms with Gasteiger partial charge in [0.05, 0.1) is 29.4 Å². The number of hydrogen-bond acceptors (Lipinski definition) is 6. The van der Waals surface area contributed by atoms with Crippen molar-refractivity contribution >= 4 is 33.6 Å². The number of rotatable bonds is 5. The molecule has 8 heteroatoms. The maximum absolute atomic E-state index is 12.7. The molecule has 1 atom stereocenters. The fourth-order valence-electron chi connectivity index (χ4n) is 4.21. The lowest BCUT2D eigenvalue weighted by molar-refractivity contribution is -0.123. The molecule has 0 aliphatic carbocycles. The zero-order valence-corrected chi connectivity index (χ0v) is 17.6. The van der Waals surface area contributed by atoms with Crippen molar-refractivity contribution in [2.45, 2.75) is 44.7 Å². The Morgan fingerprint density at radius 2 is 2.00 bits per heavy atom. The van der Waals surface area contributed by atoms with Crippen molar-refractivity contribution in [2.75, 3.05) is 32.8 Å². The number of nitrogens with one attached hydrogen (secondary N) is 1. The minimum atomic E-state index is -0.256. The van der Waals surface area contributed by atoms with E-state index < -0.39 is 0 Å². The molecule has 2 aliphatic rings. The van der Waals surface area contributed by atoms with Crippen LogP contribution in [-0.4, -0.2) is 65.6 Å². The number of thiazole rings is 1. The second-order valence-corrected chi connectivity index (χ2v) is 8.74. The molecule has 2 aromatic rings. The predicted molar refractivity (Wildman–Crippen MR) is 113 cm³/mol. The molecule has 4 rings (SSSR count). The maximum Gasteiger partial charge on any atom is 0.409 e. The summed E-state index contributed by atoms with van der Waals surface area (Å²) >= 11 is 1.73. The fourth-order valence-corrected chi connectivity index (χ4v) is 5.34. The van der Waals surface area contributed by atoms with Crippen molar-refractivity contribution < 1.29 is 14.3 Å². The van der Waals surface area contributed by atoms with E-state index >= 15 is 0 Å². The topological polar surface area (TPSA) is 74.8 Å². The van der Waals surface area contributed by atoms with Gasteiger partial charge < -0.3 is 15.0 Å². The summed E-state index contributed by atoms with van der Waals surface area (Å²) in [7, 11) is 0. The van der Waals surface area contributed by atoms with Gasteiger partial charge in [0.2, 0.25) is 5.91 Å². The molecule has 1 N–H and O–H groups in total. The van der Waals surface area contributed by atoms with E-state index in [9.17, 15) is 9.59 Å². The third-order valence-corrected chi connectivity index (χ3v) is 6.83. The molecule has 0 saturated carbocycles. The number of ether oxygens (including phenoxy) is 1. The highest BCUT2D eigenvalue weighted by molar-refractivity contribution is 7.18. The molecule has 156 valence electrons. The van der Waals surface area contributed by atoms with Gasteiger partial charge in [0.25, 0.3) is 0 Å². The average molecular weight is 417 g/mol. The third kappa shape index (κ3) is 4.70. The Morgan fingerprint density at radius 1 is 1.21 bits per heavy atom. The van der Waals surface area contributed by atoms with Gasteiger partial charge in [-0.3, -0.25) is 9.69 Å². The van der Waals surface area contributed by atoms with E-state index in [0.717, 1.165) is 42.8 Å². The number of piperidine rings is 1. The molecule has 1 unspecified atom stereocenters. The van der Waals surface area contributed by atoms with E-state index in [1.807, 2.05) is 25.1 Å². The van der Waals surface area contributed by atoms with E-state index in [-0.39, 0.29) is 24.1 Å². The van der Waals surface area contributed by atoms with Crippen molar-refractivity contribution in [3.8, 4) is 0 Å². The van der Waals surface area contributed by atoms with Crippen LogP contribution in [-0.2, 0) is 9.53 Å². The predicted octanol–water partition coefficient (Wildman–Crippen LogP) is 3.17. The van der Waals surface area contributed by atoms with Crippen LogP contribution < -0.4 is 5.32 Å². The molecule has 1 aromatic carbocycles. The van der Waals surface area contributed by atoms with E-state index in [2.05, 4.69) is 16.3 Å². The van der Waals surface area contributed by atoms with Crippen molar-refractivity contribution in [1.82, 2.24) is 20.1 Å². The fraction of sp³-hybridized carbons (Fsp3) is 0.571. The second-order valence-electron chi connectivity index (χ2n) is 7.68. The summed E-state index contributed by atoms with van der Waals surface area (Å²) in [6, 6.07) is 8.55. The monoisotopic (exact) mass is 416 g/mol. The number of nitrogens with zero attached hydrogens (tertiary/aromatic N) is 3. The SMILES string of the molecule is CCOC(=O)N1CCC(NC(=O)CN2CCCC2c2nc3ccccc3s2)CC1. The molecule has 29 heavy (non-hydrogen) atoms. The van der Waals surface area contributed by atoms with Crippen LogP contribution in [0, 0.1) is 0 Å². The second kappa shape index (κ2) is 9.09. The summed E-state index contributed by atoms with van der Waals surface area (Å²) in [5.74, 6) is 0.0626. The lowest BCUT2D eigenvalue weighted by atomic mass is 10.1. The number of fused-ring (bicyclic) bond motifs is 1. The van der Waals surface area contributed by atoms with Crippen LogP contribution in [0.1, 0.15) is 43.7 Å². The summed E-state index contributed by atoms with van der Waals surface area (Å²) in [5, 5.41) is 4.27. The lowest BCUT2D eigenvalue weighted by Gasteiger charge is -2.32. The highest BCUT2D eigenvalue weighted by atomic mass is 32.1. The van der Waals surface area contributed by atoms with E-state index in [0.29, 0.717) is 26.2 Å². The summed E-state index contributed by atoms with van der Waals surface area (Å²) in [6.45, 7) is 4.78. The first kappa shape index (κ1) is 20.1. The highest BCUT2D eigenvalue weighted by Gasteiger charge is 2.31. The summed E-state index contributed by atoms with van der Waals surface area (Å²) in [5.41, 5.74) is 1.04. The summed E-state index contributed by atoms with van der Waals surface area (Å²) in [6.07, 6.45) is 3.42. The van der Waals surface area contributed by atoms with Crippen LogP contribution >= 0.6 is 11.3 Å². The van der Waals surface area contributed by atoms with Crippen LogP contribution in [0.4, 0.5) is 4.79 Å². The quantitative estimate of drug-likeness (QED) is 0.810. The number of benzene rings is 1. The minimum Gasteiger partial charge on any atom is -0.450 e. The van der Waals surface area contributed by atoms with Gasteiger partial charge in [0, 0.05) is 19.1 Å². The number of carbonyl (C=O) groups excluding carboxylic acids is 2. The Morgan fingerprint density at radius 3 is 2.76 bits per heavy atom. The van der Waals surface area contributed by atoms with Gasteiger partial charge in [-0.05, 0) is 51.3 Å². The van der Waals surface area contributed by atoms with Crippen LogP contribution in [0.2, 0.25) is 0 Å². The third-order valence-electron chi connectivity index (χ3n) is 5.69. The molecule has 0 radical (unpaired) electrons. The number of hydrogen-bond donors (Lipinski definition) is 1. The van der Waals surface area contributed by atoms with Gasteiger partial charge in [-0.1, -0.05) is 12.1 Å². The van der Waals surface area contributed by atoms with Gasteiger partial charge in [-0.25, -0.2) is 9.78 Å². The number of carbonyl (C=O) groups is 2. The van der Waals surface area contributed by atoms with Gasteiger partial charge >= 0.3 is 6.09 Å². The smallest absolute Gasteiger partial charge is 0.409 e. The molecule has 2 saturated heterocycles. The maximum atomic E-state index is 12.7. The number of para-hydroxylation sites is 1. The molecule has 2 fully saturated rings. The van der Waals surface area contributed by atoms with E-state index in [1.54, 1.807) is 16.2 Å². The number of amides is 2. The van der Waals surface area contributed by atoms with Crippen molar-refractivity contribution in [3.63, 3.8) is 0 Å². The van der Waals surface area contributed by atoms with Crippen molar-refractivity contribution in [1.29, 1.82) is 0 Å². The van der Waals surface area contributed by atoms with Crippen LogP contribution in [0.15, 0.2) is 24.3 Å². The van der Waals surface area contributed by atoms with Crippen LogP contribution in [0.5, 0.6) is 0 Å². The Labute approximate surface area is 175 Å². The number of aromatic nitrogens is 1. The molecule has 3 heterocycles. The zero-order valence-electron chi connectivity index (χ0n) is 16.8. The first-order chi connectivity index (χ1) is 14.1. The summed E-state index contributed by atoms with van der Waals surface area (Å²) in [4.78, 5) is 33.2. The average Bonchev–Trinajstić information content (AvgIpc) is 3.35. The molecule has 2 aliphatic heterocycles. The van der Waals surface area contributed by atoms with Crippen LogP contribution in [0.3, 0.4) is 0 Å². The van der Waals surface area contributed by atoms with Gasteiger partial charge in [-0.15, -0.1) is 11.3 Å². The van der Waals surface area contributed by atoms with Gasteiger partial charge in [-0.2, -0.15) is 0 Å². The van der Waals surface area contributed by atoms with Crippen LogP contribution in [0.25, 0.3) is 10.2 Å². The Balaban J connectivity index is 1.29. The number of likely N-dealkylation sites (tertiary alicyclic amines) is 2. The summed E-state index contributed by atoms with van der Waals surface area (Å²) < 4.78 is 6.25. The molecular formula is C21H28N4O3S.